The fraction of sp³-hybridized carbons (Fsp3) is 0.250. The van der Waals surface area contributed by atoms with Crippen LogP contribution < -0.4 is 15.1 Å². The van der Waals surface area contributed by atoms with Gasteiger partial charge in [0.15, 0.2) is 13.1 Å². The Kier molecular flexibility index (Phi) is 7.47. The Morgan fingerprint density at radius 1 is 1.15 bits per heavy atom. The van der Waals surface area contributed by atoms with Gasteiger partial charge in [-0.25, -0.2) is 4.39 Å². The molecular weight excluding hydrogens is 347 g/mol. The molecule has 0 aliphatic heterocycles. The number of rotatable bonds is 8. The first kappa shape index (κ1) is 20.1. The van der Waals surface area contributed by atoms with Crippen molar-refractivity contribution in [3.63, 3.8) is 0 Å². The van der Waals surface area contributed by atoms with Gasteiger partial charge in [-0.1, -0.05) is 24.3 Å². The lowest BCUT2D eigenvalue weighted by Gasteiger charge is -2.23. The van der Waals surface area contributed by atoms with E-state index in [1.807, 2.05) is 24.3 Å². The van der Waals surface area contributed by atoms with Gasteiger partial charge in [-0.3, -0.25) is 9.59 Å². The van der Waals surface area contributed by atoms with E-state index in [0.717, 1.165) is 5.69 Å². The molecule has 0 aliphatic carbocycles. The molecule has 7 heteroatoms. The van der Waals surface area contributed by atoms with Crippen LogP contribution in [0.15, 0.2) is 54.6 Å². The molecule has 0 spiro atoms. The van der Waals surface area contributed by atoms with Gasteiger partial charge in [0.2, 0.25) is 0 Å². The van der Waals surface area contributed by atoms with Gasteiger partial charge in [-0.2, -0.15) is 5.26 Å². The van der Waals surface area contributed by atoms with Crippen LogP contribution in [-0.4, -0.2) is 38.5 Å². The van der Waals surface area contributed by atoms with Crippen molar-refractivity contribution in [1.29, 1.82) is 5.26 Å². The normalized spacial score (nSPS) is 11.3. The van der Waals surface area contributed by atoms with Crippen LogP contribution >= 0.6 is 0 Å². The van der Waals surface area contributed by atoms with Crippen LogP contribution in [-0.2, 0) is 9.59 Å². The smallest absolute Gasteiger partial charge is 0.282 e. The lowest BCUT2D eigenvalue weighted by atomic mass is 10.2. The van der Waals surface area contributed by atoms with Crippen molar-refractivity contribution in [3.05, 3.63) is 60.4 Å². The first-order chi connectivity index (χ1) is 13.0. The number of quaternary nitrogens is 1. The van der Waals surface area contributed by atoms with Crippen LogP contribution in [0.4, 0.5) is 15.8 Å². The lowest BCUT2D eigenvalue weighted by Crippen LogP contribution is -3.11. The van der Waals surface area contributed by atoms with E-state index in [0.29, 0.717) is 17.1 Å². The summed E-state index contributed by atoms with van der Waals surface area (Å²) in [6.07, 6.45) is 0.222. The summed E-state index contributed by atoms with van der Waals surface area (Å²) in [4.78, 5) is 27.0. The highest BCUT2D eigenvalue weighted by Gasteiger charge is 2.21. The first-order valence-electron chi connectivity index (χ1n) is 8.58. The fourth-order valence-corrected chi connectivity index (χ4v) is 2.63. The average Bonchev–Trinajstić information content (AvgIpc) is 2.62. The summed E-state index contributed by atoms with van der Waals surface area (Å²) in [6.45, 7) is 0.447. The van der Waals surface area contributed by atoms with Crippen LogP contribution in [0.3, 0.4) is 0 Å². The van der Waals surface area contributed by atoms with Crippen LogP contribution in [0.25, 0.3) is 0 Å². The summed E-state index contributed by atoms with van der Waals surface area (Å²) in [5, 5.41) is 11.4. The Labute approximate surface area is 157 Å². The molecule has 2 N–H and O–H groups in total. The van der Waals surface area contributed by atoms with Crippen molar-refractivity contribution in [1.82, 2.24) is 0 Å². The zero-order valence-electron chi connectivity index (χ0n) is 15.1. The van der Waals surface area contributed by atoms with Crippen molar-refractivity contribution in [2.24, 2.45) is 0 Å². The number of nitrogens with zero attached hydrogens (tertiary/aromatic N) is 2. The first-order valence-corrected chi connectivity index (χ1v) is 8.58. The Morgan fingerprint density at radius 3 is 2.56 bits per heavy atom. The number of nitrogens with one attached hydrogen (secondary N) is 2. The predicted octanol–water partition coefficient (Wildman–Crippen LogP) is 1.23. The minimum atomic E-state index is -0.431. The second-order valence-corrected chi connectivity index (χ2v) is 6.16. The zero-order chi connectivity index (χ0) is 19.6. The molecule has 2 amide bonds. The maximum Gasteiger partial charge on any atom is 0.282 e. The van der Waals surface area contributed by atoms with Crippen molar-refractivity contribution in [2.75, 3.05) is 36.9 Å². The van der Waals surface area contributed by atoms with Crippen molar-refractivity contribution < 1.29 is 18.9 Å². The highest BCUT2D eigenvalue weighted by atomic mass is 19.1. The molecule has 1 unspecified atom stereocenters. The van der Waals surface area contributed by atoms with E-state index in [2.05, 4.69) is 5.32 Å². The SMILES string of the molecule is C[NH+](CC(=O)Nc1cccc(F)c1)CC(=O)N(CCC#N)c1ccccc1. The molecule has 0 heterocycles. The third-order valence-electron chi connectivity index (χ3n) is 3.84. The molecule has 0 bridgehead atoms. The number of carbonyl (C=O) groups excluding carboxylic acids is 2. The summed E-state index contributed by atoms with van der Waals surface area (Å²) in [7, 11) is 1.73. The quantitative estimate of drug-likeness (QED) is 0.735. The molecule has 2 rings (SSSR count). The summed E-state index contributed by atoms with van der Waals surface area (Å²) in [5.41, 5.74) is 1.09. The average molecular weight is 369 g/mol. The van der Waals surface area contributed by atoms with Crippen LogP contribution in [0, 0.1) is 17.1 Å². The molecule has 0 aliphatic rings. The second kappa shape index (κ2) is 10.0. The third-order valence-corrected chi connectivity index (χ3v) is 3.84. The molecule has 2 aromatic carbocycles. The van der Waals surface area contributed by atoms with E-state index in [1.54, 1.807) is 30.1 Å². The molecule has 6 nitrogen and oxygen atoms in total. The number of benzene rings is 2. The number of likely N-dealkylation sites (N-methyl/N-ethyl adjacent to an activating group) is 1. The topological polar surface area (TPSA) is 77.6 Å². The number of amides is 2. The predicted molar refractivity (Wildman–Crippen MR) is 101 cm³/mol. The third kappa shape index (κ3) is 6.53. The molecular formula is C20H22FN4O2+. The number of hydrogen-bond acceptors (Lipinski definition) is 3. The van der Waals surface area contributed by atoms with E-state index in [4.69, 9.17) is 5.26 Å². The van der Waals surface area contributed by atoms with Gasteiger partial charge in [0, 0.05) is 17.9 Å². The summed E-state index contributed by atoms with van der Waals surface area (Å²) in [5.74, 6) is -0.915. The van der Waals surface area contributed by atoms with Crippen LogP contribution in [0.2, 0.25) is 0 Å². The van der Waals surface area contributed by atoms with Gasteiger partial charge in [0.1, 0.15) is 5.82 Å². The minimum absolute atomic E-state index is 0.0587. The molecule has 2 aromatic rings. The van der Waals surface area contributed by atoms with Gasteiger partial charge >= 0.3 is 0 Å². The molecule has 0 saturated heterocycles. The van der Waals surface area contributed by atoms with Crippen LogP contribution in [0.1, 0.15) is 6.42 Å². The number of nitriles is 1. The Bertz CT molecular complexity index is 820. The van der Waals surface area contributed by atoms with Crippen molar-refractivity contribution >= 4 is 23.2 Å². The molecule has 1 atom stereocenters. The number of para-hydroxylation sites is 1. The molecule has 140 valence electrons. The maximum atomic E-state index is 13.2. The molecule has 27 heavy (non-hydrogen) atoms. The van der Waals surface area contributed by atoms with Gasteiger partial charge in [0.05, 0.1) is 19.5 Å². The van der Waals surface area contributed by atoms with Crippen molar-refractivity contribution in [3.8, 4) is 6.07 Å². The van der Waals surface area contributed by atoms with Gasteiger partial charge in [0.25, 0.3) is 11.8 Å². The maximum absolute atomic E-state index is 13.2. The molecule has 0 aromatic heterocycles. The molecule has 0 radical (unpaired) electrons. The Balaban J connectivity index is 1.93. The summed E-state index contributed by atoms with van der Waals surface area (Å²) < 4.78 is 13.2. The molecule has 0 fully saturated rings. The summed E-state index contributed by atoms with van der Waals surface area (Å²) in [6, 6.07) is 16.8. The highest BCUT2D eigenvalue weighted by Crippen LogP contribution is 2.13. The van der Waals surface area contributed by atoms with Crippen molar-refractivity contribution in [2.45, 2.75) is 6.42 Å². The zero-order valence-corrected chi connectivity index (χ0v) is 15.1. The number of halogens is 1. The number of hydrogen-bond donors (Lipinski definition) is 2. The van der Waals surface area contributed by atoms with Gasteiger partial charge < -0.3 is 15.1 Å². The van der Waals surface area contributed by atoms with E-state index >= 15 is 0 Å². The van der Waals surface area contributed by atoms with Gasteiger partial charge in [-0.05, 0) is 30.3 Å². The standard InChI is InChI=1S/C20H21FN4O2/c1-24(14-19(26)23-17-8-5-7-16(21)13-17)15-20(27)25(12-6-11-22)18-9-3-2-4-10-18/h2-5,7-10,13H,6,12,14-15H2,1H3,(H,23,26)/p+1. The van der Waals surface area contributed by atoms with Crippen LogP contribution in [0.5, 0.6) is 0 Å². The number of carbonyl (C=O) groups is 2. The Hall–Kier alpha value is -3.24. The highest BCUT2D eigenvalue weighted by molar-refractivity contribution is 5.94. The summed E-state index contributed by atoms with van der Waals surface area (Å²) >= 11 is 0. The Morgan fingerprint density at radius 2 is 1.89 bits per heavy atom. The number of anilines is 2. The van der Waals surface area contributed by atoms with E-state index in [-0.39, 0.29) is 31.3 Å². The minimum Gasteiger partial charge on any atom is -0.322 e. The molecule has 0 saturated carbocycles. The largest absolute Gasteiger partial charge is 0.322 e. The van der Waals surface area contributed by atoms with E-state index in [1.165, 1.54) is 18.2 Å². The second-order valence-electron chi connectivity index (χ2n) is 6.16. The monoisotopic (exact) mass is 369 g/mol. The van der Waals surface area contributed by atoms with E-state index < -0.39 is 5.82 Å². The van der Waals surface area contributed by atoms with E-state index in [9.17, 15) is 14.0 Å². The van der Waals surface area contributed by atoms with Gasteiger partial charge in [-0.15, -0.1) is 0 Å². The fourth-order valence-electron chi connectivity index (χ4n) is 2.63. The lowest BCUT2D eigenvalue weighted by molar-refractivity contribution is -0.862.